The predicted octanol–water partition coefficient (Wildman–Crippen LogP) is -0.406. The topological polar surface area (TPSA) is 131 Å². The fourth-order valence-electron chi connectivity index (χ4n) is 2.90. The predicted molar refractivity (Wildman–Crippen MR) is 90.8 cm³/mol. The molecule has 2 rings (SSSR count). The van der Waals surface area contributed by atoms with Gasteiger partial charge < -0.3 is 19.7 Å². The summed E-state index contributed by atoms with van der Waals surface area (Å²) >= 11 is 0. The number of nitrogens with zero attached hydrogens (tertiary/aromatic N) is 3. The second-order valence-corrected chi connectivity index (χ2v) is 8.77. The monoisotopic (exact) mass is 391 g/mol. The Morgan fingerprint density at radius 3 is 2.42 bits per heavy atom. The fourth-order valence-corrected chi connectivity index (χ4v) is 4.11. The van der Waals surface area contributed by atoms with E-state index in [2.05, 4.69) is 4.98 Å². The van der Waals surface area contributed by atoms with Crippen LogP contribution in [0.3, 0.4) is 0 Å². The van der Waals surface area contributed by atoms with E-state index in [-0.39, 0.29) is 17.2 Å². The minimum atomic E-state index is -4.14. The van der Waals surface area contributed by atoms with Gasteiger partial charge in [0.15, 0.2) is 17.4 Å². The highest BCUT2D eigenvalue weighted by Crippen LogP contribution is 2.37. The largest absolute Gasteiger partial charge is 0.394 e. The third-order valence-electron chi connectivity index (χ3n) is 4.06. The number of aromatic nitrogens is 2. The summed E-state index contributed by atoms with van der Waals surface area (Å²) < 4.78 is 38.3. The zero-order valence-electron chi connectivity index (χ0n) is 15.6. The van der Waals surface area contributed by atoms with Crippen molar-refractivity contribution in [2.24, 2.45) is 0 Å². The minimum Gasteiger partial charge on any atom is -0.394 e. The lowest BCUT2D eigenvalue weighted by molar-refractivity contribution is -0.157. The highest BCUT2D eigenvalue weighted by Gasteiger charge is 2.47. The lowest BCUT2D eigenvalue weighted by Gasteiger charge is -2.24. The van der Waals surface area contributed by atoms with Gasteiger partial charge in [0.05, 0.1) is 18.0 Å². The summed E-state index contributed by atoms with van der Waals surface area (Å²) in [5.74, 6) is -1.95. The normalized spacial score (nSPS) is 24.2. The van der Waals surface area contributed by atoms with Gasteiger partial charge >= 0.3 is 10.2 Å². The molecule has 0 amide bonds. The summed E-state index contributed by atoms with van der Waals surface area (Å²) in [6.45, 7) is 5.47. The van der Waals surface area contributed by atoms with E-state index < -0.39 is 46.7 Å². The van der Waals surface area contributed by atoms with Crippen LogP contribution in [0.2, 0.25) is 0 Å². The van der Waals surface area contributed by atoms with Crippen LogP contribution in [0.15, 0.2) is 0 Å². The third kappa shape index (κ3) is 3.55. The molecule has 3 atom stereocenters. The number of Topliss-reactive ketones (excluding diaryl/α,β-unsaturated/α-hetero) is 1. The van der Waals surface area contributed by atoms with Crippen LogP contribution in [0.25, 0.3) is 0 Å². The first-order chi connectivity index (χ1) is 11.8. The molecule has 1 saturated heterocycles. The number of hydrogen-bond donors (Lipinski definition) is 2. The van der Waals surface area contributed by atoms with Crippen LogP contribution in [0.4, 0.5) is 0 Å². The van der Waals surface area contributed by atoms with Gasteiger partial charge in [0.2, 0.25) is 0 Å². The Morgan fingerprint density at radius 1 is 1.38 bits per heavy atom. The van der Waals surface area contributed by atoms with E-state index in [1.807, 2.05) is 0 Å². The van der Waals surface area contributed by atoms with Gasteiger partial charge in [0.25, 0.3) is 0 Å². The number of aliphatic hydroxyl groups is 2. The molecule has 0 radical (unpaired) electrons. The van der Waals surface area contributed by atoms with E-state index in [0.29, 0.717) is 0 Å². The Labute approximate surface area is 152 Å². The van der Waals surface area contributed by atoms with Crippen molar-refractivity contribution in [1.29, 1.82) is 0 Å². The molecular formula is C15H25N3O7S. The van der Waals surface area contributed by atoms with Crippen molar-refractivity contribution >= 4 is 16.0 Å². The van der Waals surface area contributed by atoms with Gasteiger partial charge in [-0.1, -0.05) is 0 Å². The number of ether oxygens (including phenoxy) is 2. The third-order valence-corrected chi connectivity index (χ3v) is 5.81. The molecule has 1 aliphatic heterocycles. The van der Waals surface area contributed by atoms with Crippen LogP contribution in [-0.4, -0.2) is 76.4 Å². The van der Waals surface area contributed by atoms with E-state index in [1.54, 1.807) is 13.8 Å². The molecule has 0 spiro atoms. The average molecular weight is 391 g/mol. The molecule has 1 unspecified atom stereocenters. The van der Waals surface area contributed by atoms with Crippen molar-refractivity contribution in [2.75, 3.05) is 20.7 Å². The first-order valence-electron chi connectivity index (χ1n) is 8.01. The van der Waals surface area contributed by atoms with Crippen LogP contribution in [0.5, 0.6) is 0 Å². The Bertz CT molecular complexity index is 800. The maximum Gasteiger partial charge on any atom is 0.309 e. The van der Waals surface area contributed by atoms with Gasteiger partial charge in [-0.05, 0) is 20.8 Å². The van der Waals surface area contributed by atoms with Crippen LogP contribution in [0, 0.1) is 6.92 Å². The molecule has 0 aromatic carbocycles. The molecule has 1 fully saturated rings. The summed E-state index contributed by atoms with van der Waals surface area (Å²) in [6.07, 6.45) is -3.41. The second-order valence-electron chi connectivity index (χ2n) is 6.78. The molecule has 1 aromatic heterocycles. The Kier molecular flexibility index (Phi) is 5.62. The van der Waals surface area contributed by atoms with Gasteiger partial charge in [0.1, 0.15) is 18.3 Å². The number of carbonyl (C=O) groups is 1. The number of aliphatic hydroxyl groups excluding tert-OH is 2. The van der Waals surface area contributed by atoms with Gasteiger partial charge in [-0.15, -0.1) is 0 Å². The van der Waals surface area contributed by atoms with Crippen molar-refractivity contribution < 1.29 is 32.9 Å². The van der Waals surface area contributed by atoms with Gasteiger partial charge in [-0.25, -0.2) is 8.96 Å². The highest BCUT2D eigenvalue weighted by molar-refractivity contribution is 7.87. The smallest absolute Gasteiger partial charge is 0.309 e. The molecule has 2 N–H and O–H groups in total. The number of rotatable bonds is 6. The maximum atomic E-state index is 12.8. The first kappa shape index (κ1) is 20.9. The zero-order chi connectivity index (χ0) is 20.0. The van der Waals surface area contributed by atoms with E-state index >= 15 is 0 Å². The molecule has 2 heterocycles. The van der Waals surface area contributed by atoms with Crippen molar-refractivity contribution in [3.05, 3.63) is 17.2 Å². The molecule has 0 saturated carbocycles. The van der Waals surface area contributed by atoms with E-state index in [0.717, 1.165) is 8.28 Å². The van der Waals surface area contributed by atoms with Crippen molar-refractivity contribution in [1.82, 2.24) is 13.3 Å². The minimum absolute atomic E-state index is 0.103. The Hall–Kier alpha value is -1.37. The average Bonchev–Trinajstić information content (AvgIpc) is 3.03. The fraction of sp³-hybridized carbons (Fsp3) is 0.733. The Balaban J connectivity index is 2.64. The highest BCUT2D eigenvalue weighted by atomic mass is 32.2. The van der Waals surface area contributed by atoms with E-state index in [9.17, 15) is 23.4 Å². The Morgan fingerprint density at radius 2 is 1.96 bits per heavy atom. The molecular weight excluding hydrogens is 366 g/mol. The molecule has 0 bridgehead atoms. The lowest BCUT2D eigenvalue weighted by atomic mass is 10.0. The van der Waals surface area contributed by atoms with Crippen LogP contribution in [-0.2, 0) is 19.7 Å². The number of aryl methyl sites for hydroxylation is 1. The molecule has 148 valence electrons. The summed E-state index contributed by atoms with van der Waals surface area (Å²) in [5, 5.41) is 20.4. The molecule has 26 heavy (non-hydrogen) atoms. The van der Waals surface area contributed by atoms with Gasteiger partial charge in [-0.3, -0.25) is 4.79 Å². The quantitative estimate of drug-likeness (QED) is 0.626. The summed E-state index contributed by atoms with van der Waals surface area (Å²) in [5.41, 5.74) is 0.0618. The number of imidazole rings is 1. The lowest BCUT2D eigenvalue weighted by Crippen LogP contribution is -2.37. The van der Waals surface area contributed by atoms with Crippen molar-refractivity contribution in [3.63, 3.8) is 0 Å². The number of ketones is 1. The first-order valence-corrected chi connectivity index (χ1v) is 9.41. The standard InChI is InChI=1S/C15H25N3O7S/c1-8-11(12(21)13-10(7-19)24-15(3,4)25-13)18(14(16-8)9(2)20)26(22,23)17(5)6/h10,12-13,19,21H,7H2,1-6H3/t10-,12?,13-/m1/s1. The van der Waals surface area contributed by atoms with Crippen LogP contribution in [0.1, 0.15) is 48.9 Å². The number of carbonyl (C=O) groups excluding carboxylic acids is 1. The second kappa shape index (κ2) is 6.98. The summed E-state index contributed by atoms with van der Waals surface area (Å²) in [6, 6.07) is 0. The molecule has 0 aliphatic carbocycles. The molecule has 1 aromatic rings. The van der Waals surface area contributed by atoms with Gasteiger partial charge in [0, 0.05) is 21.0 Å². The van der Waals surface area contributed by atoms with Crippen LogP contribution >= 0.6 is 0 Å². The molecule has 10 nitrogen and oxygen atoms in total. The maximum absolute atomic E-state index is 12.8. The number of hydrogen-bond acceptors (Lipinski definition) is 8. The molecule has 1 aliphatic rings. The van der Waals surface area contributed by atoms with Gasteiger partial charge in [-0.2, -0.15) is 12.7 Å². The molecule has 11 heteroatoms. The van der Waals surface area contributed by atoms with Crippen molar-refractivity contribution in [2.45, 2.75) is 51.8 Å². The van der Waals surface area contributed by atoms with Crippen molar-refractivity contribution in [3.8, 4) is 0 Å². The van der Waals surface area contributed by atoms with Crippen LogP contribution < -0.4 is 0 Å². The summed E-state index contributed by atoms with van der Waals surface area (Å²) in [7, 11) is -1.53. The summed E-state index contributed by atoms with van der Waals surface area (Å²) in [4.78, 5) is 16.0. The zero-order valence-corrected chi connectivity index (χ0v) is 16.4. The van der Waals surface area contributed by atoms with E-state index in [1.165, 1.54) is 27.9 Å². The SMILES string of the molecule is CC(=O)c1nc(C)c(C(O)[C@@H]2OC(C)(C)O[C@@H]2CO)n1S(=O)(=O)N(C)C. The van der Waals surface area contributed by atoms with E-state index in [4.69, 9.17) is 9.47 Å².